The van der Waals surface area contributed by atoms with E-state index in [1.807, 2.05) is 25.7 Å². The Balaban J connectivity index is 2.13. The van der Waals surface area contributed by atoms with Gasteiger partial charge in [0.05, 0.1) is 6.54 Å². The van der Waals surface area contributed by atoms with Crippen molar-refractivity contribution in [2.45, 2.75) is 52.6 Å². The molecule has 0 bridgehead atoms. The first-order chi connectivity index (χ1) is 7.88. The smallest absolute Gasteiger partial charge is 0.235 e. The highest BCUT2D eigenvalue weighted by Crippen LogP contribution is 2.33. The van der Waals surface area contributed by atoms with Gasteiger partial charge in [0.1, 0.15) is 0 Å². The second kappa shape index (κ2) is 4.13. The van der Waals surface area contributed by atoms with Crippen molar-refractivity contribution < 1.29 is 9.21 Å². The molecule has 1 heterocycles. The Hall–Kier alpha value is -1.39. The molecule has 0 unspecified atom stereocenters. The van der Waals surface area contributed by atoms with Gasteiger partial charge in [0, 0.05) is 18.4 Å². The maximum atomic E-state index is 12.2. The van der Waals surface area contributed by atoms with Gasteiger partial charge in [0.15, 0.2) is 0 Å². The van der Waals surface area contributed by atoms with Crippen molar-refractivity contribution in [2.75, 3.05) is 0 Å². The summed E-state index contributed by atoms with van der Waals surface area (Å²) in [7, 11) is 0. The molecule has 0 aliphatic heterocycles. The second-order valence-corrected chi connectivity index (χ2v) is 5.58. The Morgan fingerprint density at radius 2 is 2.06 bits per heavy atom. The molecular formula is C12H19N3O2. The van der Waals surface area contributed by atoms with E-state index >= 15 is 0 Å². The summed E-state index contributed by atoms with van der Waals surface area (Å²) < 4.78 is 5.34. The fourth-order valence-electron chi connectivity index (χ4n) is 1.73. The molecule has 0 atom stereocenters. The van der Waals surface area contributed by atoms with E-state index in [-0.39, 0.29) is 17.4 Å². The lowest BCUT2D eigenvalue weighted by molar-refractivity contribution is -0.138. The van der Waals surface area contributed by atoms with Crippen molar-refractivity contribution in [2.24, 2.45) is 5.92 Å². The van der Waals surface area contributed by atoms with Gasteiger partial charge in [0.25, 0.3) is 0 Å². The lowest BCUT2D eigenvalue weighted by Gasteiger charge is -2.34. The van der Waals surface area contributed by atoms with Gasteiger partial charge < -0.3 is 9.32 Å². The molecule has 0 spiro atoms. The molecule has 0 radical (unpaired) electrons. The van der Waals surface area contributed by atoms with E-state index in [0.29, 0.717) is 18.3 Å². The first kappa shape index (κ1) is 12.1. The average molecular weight is 237 g/mol. The molecule has 1 amide bonds. The molecule has 2 rings (SSSR count). The SMILES string of the molecule is Cc1nnc(CN(C(=O)C2CC2)C(C)(C)C)o1. The fraction of sp³-hybridized carbons (Fsp3) is 0.750. The molecular weight excluding hydrogens is 218 g/mol. The quantitative estimate of drug-likeness (QED) is 0.805. The van der Waals surface area contributed by atoms with Crippen LogP contribution in [0.3, 0.4) is 0 Å². The number of rotatable bonds is 3. The number of aromatic nitrogens is 2. The highest BCUT2D eigenvalue weighted by molar-refractivity contribution is 5.81. The zero-order chi connectivity index (χ0) is 12.6. The number of aryl methyl sites for hydroxylation is 1. The predicted molar refractivity (Wildman–Crippen MR) is 62.1 cm³/mol. The number of hydrogen-bond donors (Lipinski definition) is 0. The number of carbonyl (C=O) groups is 1. The molecule has 1 fully saturated rings. The Morgan fingerprint density at radius 1 is 1.41 bits per heavy atom. The molecule has 1 aromatic heterocycles. The first-order valence-electron chi connectivity index (χ1n) is 5.98. The van der Waals surface area contributed by atoms with Gasteiger partial charge >= 0.3 is 0 Å². The molecule has 94 valence electrons. The summed E-state index contributed by atoms with van der Waals surface area (Å²) in [5.41, 5.74) is -0.220. The van der Waals surface area contributed by atoms with Crippen LogP contribution in [-0.4, -0.2) is 26.5 Å². The molecule has 1 aromatic rings. The largest absolute Gasteiger partial charge is 0.424 e. The highest BCUT2D eigenvalue weighted by atomic mass is 16.4. The van der Waals surface area contributed by atoms with Gasteiger partial charge in [-0.25, -0.2) is 0 Å². The molecule has 1 aliphatic rings. The molecule has 1 saturated carbocycles. The van der Waals surface area contributed by atoms with Crippen molar-refractivity contribution in [3.8, 4) is 0 Å². The van der Waals surface area contributed by atoms with E-state index in [9.17, 15) is 4.79 Å². The van der Waals surface area contributed by atoms with Crippen LogP contribution >= 0.6 is 0 Å². The Morgan fingerprint density at radius 3 is 2.47 bits per heavy atom. The minimum Gasteiger partial charge on any atom is -0.424 e. The van der Waals surface area contributed by atoms with Gasteiger partial charge in [-0.3, -0.25) is 4.79 Å². The number of carbonyl (C=O) groups excluding carboxylic acids is 1. The van der Waals surface area contributed by atoms with Crippen LogP contribution in [0.25, 0.3) is 0 Å². The van der Waals surface area contributed by atoms with Crippen LogP contribution in [0.1, 0.15) is 45.4 Å². The minimum atomic E-state index is -0.220. The summed E-state index contributed by atoms with van der Waals surface area (Å²) in [5.74, 6) is 1.45. The lowest BCUT2D eigenvalue weighted by atomic mass is 10.1. The van der Waals surface area contributed by atoms with Gasteiger partial charge in [-0.2, -0.15) is 0 Å². The zero-order valence-corrected chi connectivity index (χ0v) is 10.9. The zero-order valence-electron chi connectivity index (χ0n) is 10.9. The maximum Gasteiger partial charge on any atom is 0.235 e. The van der Waals surface area contributed by atoms with E-state index < -0.39 is 0 Å². The lowest BCUT2D eigenvalue weighted by Crippen LogP contribution is -2.45. The standard InChI is InChI=1S/C12H19N3O2/c1-8-13-14-10(17-8)7-15(12(2,3)4)11(16)9-5-6-9/h9H,5-7H2,1-4H3. The average Bonchev–Trinajstić information content (AvgIpc) is 2.97. The van der Waals surface area contributed by atoms with Crippen LogP contribution in [0.5, 0.6) is 0 Å². The van der Waals surface area contributed by atoms with Gasteiger partial charge in [-0.15, -0.1) is 10.2 Å². The van der Waals surface area contributed by atoms with Crippen LogP contribution in [-0.2, 0) is 11.3 Å². The van der Waals surface area contributed by atoms with Gasteiger partial charge in [-0.05, 0) is 33.6 Å². The minimum absolute atomic E-state index is 0.202. The van der Waals surface area contributed by atoms with E-state index in [0.717, 1.165) is 12.8 Å². The monoisotopic (exact) mass is 237 g/mol. The Labute approximate surface area is 101 Å². The normalized spacial score (nSPS) is 16.0. The fourth-order valence-corrected chi connectivity index (χ4v) is 1.73. The van der Waals surface area contributed by atoms with Crippen molar-refractivity contribution in [3.05, 3.63) is 11.8 Å². The number of amides is 1. The van der Waals surface area contributed by atoms with Crippen LogP contribution in [0.15, 0.2) is 4.42 Å². The van der Waals surface area contributed by atoms with E-state index in [4.69, 9.17) is 4.42 Å². The van der Waals surface area contributed by atoms with Crippen molar-refractivity contribution in [1.29, 1.82) is 0 Å². The van der Waals surface area contributed by atoms with E-state index in [2.05, 4.69) is 10.2 Å². The van der Waals surface area contributed by atoms with Gasteiger partial charge in [0.2, 0.25) is 17.7 Å². The predicted octanol–water partition coefficient (Wildman–Crippen LogP) is 1.92. The van der Waals surface area contributed by atoms with Crippen molar-refractivity contribution >= 4 is 5.91 Å². The molecule has 1 aliphatic carbocycles. The second-order valence-electron chi connectivity index (χ2n) is 5.58. The number of hydrogen-bond acceptors (Lipinski definition) is 4. The molecule has 17 heavy (non-hydrogen) atoms. The maximum absolute atomic E-state index is 12.2. The van der Waals surface area contributed by atoms with Crippen molar-refractivity contribution in [1.82, 2.24) is 15.1 Å². The van der Waals surface area contributed by atoms with Crippen LogP contribution in [0.2, 0.25) is 0 Å². The van der Waals surface area contributed by atoms with E-state index in [1.165, 1.54) is 0 Å². The summed E-state index contributed by atoms with van der Waals surface area (Å²) in [5, 5.41) is 7.74. The third-order valence-corrected chi connectivity index (χ3v) is 2.86. The van der Waals surface area contributed by atoms with Crippen LogP contribution < -0.4 is 0 Å². The molecule has 5 heteroatoms. The van der Waals surface area contributed by atoms with Gasteiger partial charge in [-0.1, -0.05) is 0 Å². The third kappa shape index (κ3) is 2.84. The summed E-state index contributed by atoms with van der Waals surface area (Å²) in [6.45, 7) is 8.23. The van der Waals surface area contributed by atoms with Crippen LogP contribution in [0.4, 0.5) is 0 Å². The third-order valence-electron chi connectivity index (χ3n) is 2.86. The topological polar surface area (TPSA) is 59.2 Å². The summed E-state index contributed by atoms with van der Waals surface area (Å²) in [4.78, 5) is 14.0. The highest BCUT2D eigenvalue weighted by Gasteiger charge is 2.38. The van der Waals surface area contributed by atoms with Crippen LogP contribution in [0, 0.1) is 12.8 Å². The summed E-state index contributed by atoms with van der Waals surface area (Å²) in [6.07, 6.45) is 2.02. The molecule has 0 N–H and O–H groups in total. The Bertz CT molecular complexity index is 416. The summed E-state index contributed by atoms with van der Waals surface area (Å²) in [6, 6.07) is 0. The molecule has 0 saturated heterocycles. The first-order valence-corrected chi connectivity index (χ1v) is 5.98. The molecule has 0 aromatic carbocycles. The van der Waals surface area contributed by atoms with Crippen molar-refractivity contribution in [3.63, 3.8) is 0 Å². The molecule has 5 nitrogen and oxygen atoms in total. The summed E-state index contributed by atoms with van der Waals surface area (Å²) >= 11 is 0. The number of nitrogens with zero attached hydrogens (tertiary/aromatic N) is 3. The van der Waals surface area contributed by atoms with E-state index in [1.54, 1.807) is 6.92 Å². The Kier molecular flexibility index (Phi) is 2.93.